The van der Waals surface area contributed by atoms with E-state index >= 15 is 0 Å². The van der Waals surface area contributed by atoms with Gasteiger partial charge in [0.25, 0.3) is 5.91 Å². The number of nitrogens with one attached hydrogen (secondary N) is 1. The maximum Gasteiger partial charge on any atom is 0.253 e. The molecule has 0 saturated carbocycles. The summed E-state index contributed by atoms with van der Waals surface area (Å²) in [6.07, 6.45) is 0.608. The zero-order chi connectivity index (χ0) is 14.8. The normalized spacial score (nSPS) is 21.8. The van der Waals surface area contributed by atoms with Crippen LogP contribution in [0.25, 0.3) is 0 Å². The largest absolute Gasteiger partial charge is 0.397 e. The first kappa shape index (κ1) is 14.6. The lowest BCUT2D eigenvalue weighted by Crippen LogP contribution is -2.37. The smallest absolute Gasteiger partial charge is 0.253 e. The second kappa shape index (κ2) is 5.68. The van der Waals surface area contributed by atoms with Crippen LogP contribution >= 0.6 is 0 Å². The number of ether oxygens (including phenoxy) is 1. The predicted octanol–water partition coefficient (Wildman–Crippen LogP) is 0.534. The molecule has 1 aliphatic rings. The predicted molar refractivity (Wildman–Crippen MR) is 77.7 cm³/mol. The van der Waals surface area contributed by atoms with Gasteiger partial charge in [0.2, 0.25) is 0 Å². The van der Waals surface area contributed by atoms with E-state index in [4.69, 9.17) is 10.5 Å². The molecule has 1 aliphatic heterocycles. The molecule has 0 radical (unpaired) electrons. The van der Waals surface area contributed by atoms with E-state index in [1.807, 2.05) is 0 Å². The molecule has 0 spiro atoms. The van der Waals surface area contributed by atoms with Crippen LogP contribution in [0.5, 0.6) is 0 Å². The summed E-state index contributed by atoms with van der Waals surface area (Å²) in [5.41, 5.74) is 6.84. The number of nitrogens with two attached hydrogens (primary N) is 1. The van der Waals surface area contributed by atoms with E-state index in [9.17, 15) is 9.90 Å². The number of aliphatic hydroxyl groups is 1. The topological polar surface area (TPSA) is 87.8 Å². The van der Waals surface area contributed by atoms with Crippen LogP contribution in [-0.2, 0) is 4.74 Å². The molecule has 1 saturated heterocycles. The van der Waals surface area contributed by atoms with Crippen LogP contribution in [0, 0.1) is 0 Å². The van der Waals surface area contributed by atoms with Crippen LogP contribution in [0.4, 0.5) is 11.4 Å². The molecule has 110 valence electrons. The van der Waals surface area contributed by atoms with Gasteiger partial charge in [-0.3, -0.25) is 4.79 Å². The minimum Gasteiger partial charge on any atom is -0.397 e. The van der Waals surface area contributed by atoms with Crippen molar-refractivity contribution in [2.75, 3.05) is 44.9 Å². The SMILES string of the molecule is CN(C)C(=O)c1ccc(NCC2(O)CCOC2)c(N)c1. The maximum absolute atomic E-state index is 11.8. The van der Waals surface area contributed by atoms with Gasteiger partial charge < -0.3 is 25.8 Å². The summed E-state index contributed by atoms with van der Waals surface area (Å²) < 4.78 is 5.18. The summed E-state index contributed by atoms with van der Waals surface area (Å²) in [6, 6.07) is 5.11. The van der Waals surface area contributed by atoms with E-state index in [0.717, 1.165) is 0 Å². The van der Waals surface area contributed by atoms with Crippen molar-refractivity contribution >= 4 is 17.3 Å². The van der Waals surface area contributed by atoms with Gasteiger partial charge in [0.15, 0.2) is 0 Å². The first-order valence-corrected chi connectivity index (χ1v) is 6.56. The Kier molecular flexibility index (Phi) is 4.15. The Labute approximate surface area is 118 Å². The van der Waals surface area contributed by atoms with Gasteiger partial charge in [0, 0.05) is 39.2 Å². The molecule has 1 aromatic rings. The molecule has 4 N–H and O–H groups in total. The van der Waals surface area contributed by atoms with Crippen molar-refractivity contribution in [3.8, 4) is 0 Å². The number of carbonyl (C=O) groups is 1. The maximum atomic E-state index is 11.8. The molecule has 6 nitrogen and oxygen atoms in total. The van der Waals surface area contributed by atoms with Crippen molar-refractivity contribution in [3.63, 3.8) is 0 Å². The van der Waals surface area contributed by atoms with E-state index in [1.54, 1.807) is 32.3 Å². The number of benzene rings is 1. The highest BCUT2D eigenvalue weighted by atomic mass is 16.5. The van der Waals surface area contributed by atoms with Crippen molar-refractivity contribution in [2.45, 2.75) is 12.0 Å². The van der Waals surface area contributed by atoms with Crippen LogP contribution in [-0.4, -0.2) is 55.4 Å². The van der Waals surface area contributed by atoms with E-state index in [0.29, 0.717) is 43.1 Å². The quantitative estimate of drug-likeness (QED) is 0.700. The van der Waals surface area contributed by atoms with Gasteiger partial charge in [0.1, 0.15) is 5.60 Å². The van der Waals surface area contributed by atoms with Gasteiger partial charge in [-0.15, -0.1) is 0 Å². The average molecular weight is 279 g/mol. The lowest BCUT2D eigenvalue weighted by atomic mass is 10.0. The second-order valence-corrected chi connectivity index (χ2v) is 5.38. The summed E-state index contributed by atoms with van der Waals surface area (Å²) in [4.78, 5) is 13.3. The Balaban J connectivity index is 2.04. The summed E-state index contributed by atoms with van der Waals surface area (Å²) in [7, 11) is 3.39. The van der Waals surface area contributed by atoms with Gasteiger partial charge in [-0.05, 0) is 18.2 Å². The van der Waals surface area contributed by atoms with E-state index in [-0.39, 0.29) is 5.91 Å². The standard InChI is InChI=1S/C14H21N3O3/c1-17(2)13(18)10-3-4-12(11(15)7-10)16-8-14(19)5-6-20-9-14/h3-4,7,16,19H,5-6,8-9,15H2,1-2H3. The number of hydrogen-bond acceptors (Lipinski definition) is 5. The Hall–Kier alpha value is -1.79. The van der Waals surface area contributed by atoms with E-state index in [1.165, 1.54) is 4.90 Å². The van der Waals surface area contributed by atoms with Crippen LogP contribution < -0.4 is 11.1 Å². The number of hydrogen-bond donors (Lipinski definition) is 3. The average Bonchev–Trinajstić information content (AvgIpc) is 2.83. The lowest BCUT2D eigenvalue weighted by molar-refractivity contribution is 0.0382. The zero-order valence-corrected chi connectivity index (χ0v) is 11.8. The minimum atomic E-state index is -0.843. The van der Waals surface area contributed by atoms with E-state index in [2.05, 4.69) is 5.32 Å². The number of amides is 1. The van der Waals surface area contributed by atoms with Crippen LogP contribution in [0.3, 0.4) is 0 Å². The zero-order valence-electron chi connectivity index (χ0n) is 11.8. The highest BCUT2D eigenvalue weighted by Crippen LogP contribution is 2.24. The third kappa shape index (κ3) is 3.20. The van der Waals surface area contributed by atoms with Gasteiger partial charge in [-0.1, -0.05) is 0 Å². The van der Waals surface area contributed by atoms with Crippen molar-refractivity contribution in [1.82, 2.24) is 4.90 Å². The molecule has 1 amide bonds. The fraction of sp³-hybridized carbons (Fsp3) is 0.500. The Morgan fingerprint density at radius 1 is 1.55 bits per heavy atom. The van der Waals surface area contributed by atoms with Crippen molar-refractivity contribution < 1.29 is 14.6 Å². The molecule has 1 fully saturated rings. The molecule has 1 unspecified atom stereocenters. The van der Waals surface area contributed by atoms with Gasteiger partial charge in [-0.25, -0.2) is 0 Å². The molecular formula is C14H21N3O3. The molecular weight excluding hydrogens is 258 g/mol. The van der Waals surface area contributed by atoms with Crippen molar-refractivity contribution in [2.24, 2.45) is 0 Å². The highest BCUT2D eigenvalue weighted by Gasteiger charge is 2.32. The second-order valence-electron chi connectivity index (χ2n) is 5.38. The summed E-state index contributed by atoms with van der Waals surface area (Å²) in [6.45, 7) is 1.28. The highest BCUT2D eigenvalue weighted by molar-refractivity contribution is 5.95. The number of anilines is 2. The van der Waals surface area contributed by atoms with Gasteiger partial charge in [-0.2, -0.15) is 0 Å². The third-order valence-electron chi connectivity index (χ3n) is 3.40. The Morgan fingerprint density at radius 2 is 2.30 bits per heavy atom. The van der Waals surface area contributed by atoms with Crippen molar-refractivity contribution in [3.05, 3.63) is 23.8 Å². The molecule has 20 heavy (non-hydrogen) atoms. The molecule has 0 bridgehead atoms. The molecule has 1 heterocycles. The Morgan fingerprint density at radius 3 is 2.85 bits per heavy atom. The van der Waals surface area contributed by atoms with Crippen LogP contribution in [0.15, 0.2) is 18.2 Å². The Bertz CT molecular complexity index is 496. The number of carbonyl (C=O) groups excluding carboxylic acids is 1. The molecule has 0 aliphatic carbocycles. The summed E-state index contributed by atoms with van der Waals surface area (Å²) in [5, 5.41) is 13.3. The van der Waals surface area contributed by atoms with Crippen LogP contribution in [0.1, 0.15) is 16.8 Å². The number of nitrogen functional groups attached to an aromatic ring is 1. The van der Waals surface area contributed by atoms with Gasteiger partial charge in [0.05, 0.1) is 18.0 Å². The fourth-order valence-electron chi connectivity index (χ4n) is 2.11. The molecule has 1 aromatic carbocycles. The third-order valence-corrected chi connectivity index (χ3v) is 3.40. The summed E-state index contributed by atoms with van der Waals surface area (Å²) in [5.74, 6) is -0.0916. The monoisotopic (exact) mass is 279 g/mol. The van der Waals surface area contributed by atoms with Crippen molar-refractivity contribution in [1.29, 1.82) is 0 Å². The molecule has 6 heteroatoms. The number of rotatable bonds is 4. The van der Waals surface area contributed by atoms with Crippen LogP contribution in [0.2, 0.25) is 0 Å². The molecule has 1 atom stereocenters. The van der Waals surface area contributed by atoms with Gasteiger partial charge >= 0.3 is 0 Å². The first-order chi connectivity index (χ1) is 9.41. The minimum absolute atomic E-state index is 0.0916. The molecule has 0 aromatic heterocycles. The molecule has 2 rings (SSSR count). The first-order valence-electron chi connectivity index (χ1n) is 6.56. The summed E-state index contributed by atoms with van der Waals surface area (Å²) >= 11 is 0. The van der Waals surface area contributed by atoms with E-state index < -0.39 is 5.60 Å². The number of nitrogens with zero attached hydrogens (tertiary/aromatic N) is 1. The lowest BCUT2D eigenvalue weighted by Gasteiger charge is -2.22. The fourth-order valence-corrected chi connectivity index (χ4v) is 2.11.